The van der Waals surface area contributed by atoms with Gasteiger partial charge in [-0.2, -0.15) is 0 Å². The number of aromatic nitrogens is 1. The second-order valence-electron chi connectivity index (χ2n) is 6.45. The lowest BCUT2D eigenvalue weighted by Crippen LogP contribution is -2.49. The summed E-state index contributed by atoms with van der Waals surface area (Å²) in [4.78, 5) is 21.6. The molecule has 0 spiro atoms. The highest BCUT2D eigenvalue weighted by Crippen LogP contribution is 2.26. The second-order valence-corrected chi connectivity index (χ2v) is 6.45. The molecule has 0 unspecified atom stereocenters. The molecule has 1 amide bonds. The minimum atomic E-state index is 0.133. The van der Waals surface area contributed by atoms with E-state index in [1.807, 2.05) is 48.4 Å². The quantitative estimate of drug-likeness (QED) is 0.721. The van der Waals surface area contributed by atoms with Gasteiger partial charge in [-0.15, -0.1) is 0 Å². The van der Waals surface area contributed by atoms with Gasteiger partial charge in [0.1, 0.15) is 0 Å². The molecular weight excluding hydrogens is 310 g/mol. The highest BCUT2D eigenvalue weighted by Gasteiger charge is 2.24. The van der Waals surface area contributed by atoms with Gasteiger partial charge in [0.15, 0.2) is 0 Å². The molecule has 1 fully saturated rings. The number of rotatable bonds is 2. The third kappa shape index (κ3) is 2.95. The van der Waals surface area contributed by atoms with Gasteiger partial charge < -0.3 is 9.80 Å². The predicted molar refractivity (Wildman–Crippen MR) is 101 cm³/mol. The van der Waals surface area contributed by atoms with Gasteiger partial charge in [0.05, 0.1) is 11.2 Å². The first-order valence-corrected chi connectivity index (χ1v) is 8.67. The van der Waals surface area contributed by atoms with Gasteiger partial charge in [-0.25, -0.2) is 0 Å². The number of piperazine rings is 1. The van der Waals surface area contributed by atoms with Crippen molar-refractivity contribution in [2.75, 3.05) is 31.1 Å². The van der Waals surface area contributed by atoms with Crippen LogP contribution in [0, 0.1) is 6.92 Å². The van der Waals surface area contributed by atoms with Crippen LogP contribution < -0.4 is 4.90 Å². The zero-order valence-corrected chi connectivity index (χ0v) is 14.4. The van der Waals surface area contributed by atoms with Gasteiger partial charge in [0.25, 0.3) is 5.91 Å². The van der Waals surface area contributed by atoms with Crippen molar-refractivity contribution in [3.8, 4) is 0 Å². The Labute approximate surface area is 147 Å². The van der Waals surface area contributed by atoms with E-state index in [1.165, 1.54) is 0 Å². The molecule has 0 bridgehead atoms. The Bertz CT molecular complexity index is 908. The van der Waals surface area contributed by atoms with E-state index in [-0.39, 0.29) is 5.91 Å². The number of carbonyl (C=O) groups excluding carboxylic acids is 1. The van der Waals surface area contributed by atoms with E-state index in [4.69, 9.17) is 0 Å². The van der Waals surface area contributed by atoms with E-state index in [1.54, 1.807) is 0 Å². The van der Waals surface area contributed by atoms with Crippen molar-refractivity contribution in [3.05, 3.63) is 71.9 Å². The van der Waals surface area contributed by atoms with Crippen LogP contribution >= 0.6 is 0 Å². The zero-order chi connectivity index (χ0) is 17.2. The van der Waals surface area contributed by atoms with Gasteiger partial charge in [-0.1, -0.05) is 36.4 Å². The third-order valence-electron chi connectivity index (χ3n) is 4.89. The third-order valence-corrected chi connectivity index (χ3v) is 4.89. The average Bonchev–Trinajstić information content (AvgIpc) is 2.67. The van der Waals surface area contributed by atoms with Crippen molar-refractivity contribution in [2.45, 2.75) is 6.92 Å². The highest BCUT2D eigenvalue weighted by atomic mass is 16.2. The number of anilines is 1. The summed E-state index contributed by atoms with van der Waals surface area (Å²) in [5.74, 6) is 0.133. The highest BCUT2D eigenvalue weighted by molar-refractivity contribution is 5.96. The molecule has 1 saturated heterocycles. The van der Waals surface area contributed by atoms with Crippen molar-refractivity contribution in [1.29, 1.82) is 0 Å². The van der Waals surface area contributed by atoms with E-state index in [2.05, 4.69) is 34.1 Å². The lowest BCUT2D eigenvalue weighted by atomic mass is 10.1. The Balaban J connectivity index is 1.52. The molecule has 0 atom stereocenters. The molecule has 3 aromatic rings. The summed E-state index contributed by atoms with van der Waals surface area (Å²) in [6.07, 6.45) is 1.84. The average molecular weight is 331 g/mol. The Kier molecular flexibility index (Phi) is 4.10. The van der Waals surface area contributed by atoms with Gasteiger partial charge >= 0.3 is 0 Å². The van der Waals surface area contributed by atoms with Crippen LogP contribution in [0.3, 0.4) is 0 Å². The summed E-state index contributed by atoms with van der Waals surface area (Å²) in [5, 5.41) is 1.15. The maximum atomic E-state index is 12.8. The van der Waals surface area contributed by atoms with E-state index < -0.39 is 0 Å². The molecule has 2 aromatic carbocycles. The maximum Gasteiger partial charge on any atom is 0.254 e. The molecule has 1 aliphatic heterocycles. The van der Waals surface area contributed by atoms with E-state index in [9.17, 15) is 4.79 Å². The van der Waals surface area contributed by atoms with Crippen LogP contribution in [0.1, 0.15) is 15.9 Å². The van der Waals surface area contributed by atoms with Gasteiger partial charge in [0.2, 0.25) is 0 Å². The van der Waals surface area contributed by atoms with Gasteiger partial charge in [-0.05, 0) is 30.7 Å². The number of benzene rings is 2. The molecule has 4 nitrogen and oxygen atoms in total. The summed E-state index contributed by atoms with van der Waals surface area (Å²) >= 11 is 0. The number of nitrogens with zero attached hydrogens (tertiary/aromatic N) is 3. The van der Waals surface area contributed by atoms with Crippen molar-refractivity contribution in [3.63, 3.8) is 0 Å². The van der Waals surface area contributed by atoms with Gasteiger partial charge in [-0.3, -0.25) is 9.78 Å². The largest absolute Gasteiger partial charge is 0.366 e. The molecule has 126 valence electrons. The van der Waals surface area contributed by atoms with Crippen LogP contribution in [0.15, 0.2) is 60.8 Å². The lowest BCUT2D eigenvalue weighted by Gasteiger charge is -2.36. The normalized spacial score (nSPS) is 14.8. The van der Waals surface area contributed by atoms with Crippen molar-refractivity contribution in [2.24, 2.45) is 0 Å². The van der Waals surface area contributed by atoms with Crippen LogP contribution in [0.25, 0.3) is 10.9 Å². The number of hydrogen-bond donors (Lipinski definition) is 0. The van der Waals surface area contributed by atoms with Crippen LogP contribution in [0.4, 0.5) is 5.69 Å². The second kappa shape index (κ2) is 6.55. The Morgan fingerprint density at radius 2 is 1.68 bits per heavy atom. The Morgan fingerprint density at radius 3 is 2.48 bits per heavy atom. The molecule has 4 rings (SSSR count). The minimum absolute atomic E-state index is 0.133. The predicted octanol–water partition coefficient (Wildman–Crippen LogP) is 3.51. The summed E-state index contributed by atoms with van der Waals surface area (Å²) in [6.45, 7) is 5.11. The number of para-hydroxylation sites is 1. The number of hydrogen-bond acceptors (Lipinski definition) is 3. The first-order valence-electron chi connectivity index (χ1n) is 8.67. The first-order chi connectivity index (χ1) is 12.2. The molecule has 1 aromatic heterocycles. The summed E-state index contributed by atoms with van der Waals surface area (Å²) < 4.78 is 0. The fourth-order valence-corrected chi connectivity index (χ4v) is 3.48. The van der Waals surface area contributed by atoms with E-state index in [0.29, 0.717) is 0 Å². The molecule has 4 heteroatoms. The summed E-state index contributed by atoms with van der Waals surface area (Å²) in [7, 11) is 0. The fraction of sp³-hybridized carbons (Fsp3) is 0.238. The molecule has 0 radical (unpaired) electrons. The first kappa shape index (κ1) is 15.6. The molecule has 25 heavy (non-hydrogen) atoms. The Morgan fingerprint density at radius 1 is 0.920 bits per heavy atom. The van der Waals surface area contributed by atoms with Crippen molar-refractivity contribution >= 4 is 22.5 Å². The van der Waals surface area contributed by atoms with Gasteiger partial charge in [0, 0.05) is 43.3 Å². The van der Waals surface area contributed by atoms with Crippen LogP contribution in [0.5, 0.6) is 0 Å². The maximum absolute atomic E-state index is 12.8. The van der Waals surface area contributed by atoms with Crippen LogP contribution in [-0.4, -0.2) is 42.0 Å². The smallest absolute Gasteiger partial charge is 0.254 e. The molecule has 2 heterocycles. The fourth-order valence-electron chi connectivity index (χ4n) is 3.48. The molecular formula is C21H21N3O. The van der Waals surface area contributed by atoms with E-state index in [0.717, 1.165) is 53.9 Å². The number of pyridine rings is 1. The zero-order valence-electron chi connectivity index (χ0n) is 14.4. The van der Waals surface area contributed by atoms with Crippen molar-refractivity contribution < 1.29 is 4.79 Å². The molecule has 0 saturated carbocycles. The Hall–Kier alpha value is -2.88. The molecule has 0 N–H and O–H groups in total. The molecule has 0 aliphatic carbocycles. The topological polar surface area (TPSA) is 36.4 Å². The van der Waals surface area contributed by atoms with E-state index >= 15 is 0 Å². The molecule has 1 aliphatic rings. The summed E-state index contributed by atoms with van der Waals surface area (Å²) in [6, 6.07) is 18.1. The van der Waals surface area contributed by atoms with Crippen LogP contribution in [-0.2, 0) is 0 Å². The lowest BCUT2D eigenvalue weighted by molar-refractivity contribution is 0.0746. The minimum Gasteiger partial charge on any atom is -0.366 e. The SMILES string of the molecule is Cc1ccccc1C(=O)N1CCN(c2cccc3cccnc23)CC1. The summed E-state index contributed by atoms with van der Waals surface area (Å²) in [5.41, 5.74) is 4.03. The van der Waals surface area contributed by atoms with Crippen LogP contribution in [0.2, 0.25) is 0 Å². The standard InChI is InChI=1S/C21H21N3O/c1-16-6-2-3-9-18(16)21(25)24-14-12-23(13-15-24)19-10-4-7-17-8-5-11-22-20(17)19/h2-11H,12-15H2,1H3. The number of aryl methyl sites for hydroxylation is 1. The number of carbonyl (C=O) groups is 1. The van der Waals surface area contributed by atoms with Crippen molar-refractivity contribution in [1.82, 2.24) is 9.88 Å². The monoisotopic (exact) mass is 331 g/mol. The number of amides is 1. The number of fused-ring (bicyclic) bond motifs is 1.